The van der Waals surface area contributed by atoms with Crippen molar-refractivity contribution in [2.45, 2.75) is 39.5 Å². The lowest BCUT2D eigenvalue weighted by atomic mass is 10.1. The maximum absolute atomic E-state index is 6.18. The van der Waals surface area contributed by atoms with Crippen LogP contribution >= 0.6 is 0 Å². The van der Waals surface area contributed by atoms with Gasteiger partial charge in [-0.15, -0.1) is 0 Å². The summed E-state index contributed by atoms with van der Waals surface area (Å²) in [4.78, 5) is 6.90. The highest BCUT2D eigenvalue weighted by Gasteiger charge is 2.24. The second-order valence-electron chi connectivity index (χ2n) is 8.06. The fourth-order valence-electron chi connectivity index (χ4n) is 3.75. The summed E-state index contributed by atoms with van der Waals surface area (Å²) in [7, 11) is 0. The van der Waals surface area contributed by atoms with Crippen LogP contribution in [0, 0.1) is 0 Å². The first-order chi connectivity index (χ1) is 15.1. The standard InChI is InChI=1S/C26H30N2O3/c1-4-29-23-11-9-21(10-12-23)22-13-20(14-27-15-22)16-28(19(2)3)17-24-18-30-25-7-5-6-8-26(25)31-24/h5-15,19,24H,4,16-18H2,1-3H3. The van der Waals surface area contributed by atoms with Crippen molar-refractivity contribution in [1.29, 1.82) is 0 Å². The lowest BCUT2D eigenvalue weighted by molar-refractivity contribution is 0.0468. The molecule has 1 atom stereocenters. The molecule has 1 aromatic heterocycles. The Labute approximate surface area is 184 Å². The van der Waals surface area contributed by atoms with Gasteiger partial charge in [-0.3, -0.25) is 9.88 Å². The molecule has 31 heavy (non-hydrogen) atoms. The third kappa shape index (κ3) is 5.36. The van der Waals surface area contributed by atoms with Gasteiger partial charge in [0.15, 0.2) is 11.5 Å². The van der Waals surface area contributed by atoms with Crippen LogP contribution in [-0.4, -0.2) is 41.8 Å². The molecule has 4 rings (SSSR count). The first-order valence-electron chi connectivity index (χ1n) is 10.9. The van der Waals surface area contributed by atoms with Crippen molar-refractivity contribution in [3.8, 4) is 28.4 Å². The molecule has 5 nitrogen and oxygen atoms in total. The molecular weight excluding hydrogens is 388 g/mol. The first kappa shape index (κ1) is 21.2. The Bertz CT molecular complexity index is 988. The molecule has 0 saturated heterocycles. The smallest absolute Gasteiger partial charge is 0.161 e. The molecule has 2 heterocycles. The summed E-state index contributed by atoms with van der Waals surface area (Å²) in [6.45, 7) is 9.23. The molecule has 0 radical (unpaired) electrons. The zero-order chi connectivity index (χ0) is 21.6. The maximum atomic E-state index is 6.18. The predicted molar refractivity (Wildman–Crippen MR) is 123 cm³/mol. The van der Waals surface area contributed by atoms with E-state index in [4.69, 9.17) is 14.2 Å². The second kappa shape index (κ2) is 9.84. The fraction of sp³-hybridized carbons (Fsp3) is 0.346. The third-order valence-corrected chi connectivity index (χ3v) is 5.42. The summed E-state index contributed by atoms with van der Waals surface area (Å²) < 4.78 is 17.6. The van der Waals surface area contributed by atoms with E-state index in [0.717, 1.165) is 41.5 Å². The van der Waals surface area contributed by atoms with Crippen molar-refractivity contribution in [2.75, 3.05) is 19.8 Å². The van der Waals surface area contributed by atoms with Crippen molar-refractivity contribution in [3.05, 3.63) is 72.6 Å². The maximum Gasteiger partial charge on any atom is 0.161 e. The van der Waals surface area contributed by atoms with Crippen LogP contribution in [0.1, 0.15) is 26.3 Å². The van der Waals surface area contributed by atoms with Crippen molar-refractivity contribution in [2.24, 2.45) is 0 Å². The number of hydrogen-bond donors (Lipinski definition) is 0. The molecule has 0 bridgehead atoms. The molecule has 0 fully saturated rings. The Hall–Kier alpha value is -3.05. The van der Waals surface area contributed by atoms with E-state index in [1.807, 2.05) is 55.7 Å². The number of para-hydroxylation sites is 2. The number of ether oxygens (including phenoxy) is 3. The lowest BCUT2D eigenvalue weighted by Crippen LogP contribution is -2.43. The van der Waals surface area contributed by atoms with E-state index < -0.39 is 0 Å². The van der Waals surface area contributed by atoms with Crippen LogP contribution in [0.4, 0.5) is 0 Å². The van der Waals surface area contributed by atoms with Gasteiger partial charge in [-0.1, -0.05) is 24.3 Å². The minimum absolute atomic E-state index is 0.000415. The SMILES string of the molecule is CCOc1ccc(-c2cncc(CN(CC3COc4ccccc4O3)C(C)C)c2)cc1. The van der Waals surface area contributed by atoms with Crippen LogP contribution in [0.3, 0.4) is 0 Å². The molecule has 1 aliphatic rings. The van der Waals surface area contributed by atoms with Gasteiger partial charge >= 0.3 is 0 Å². The van der Waals surface area contributed by atoms with Crippen LogP contribution in [0.5, 0.6) is 17.2 Å². The lowest BCUT2D eigenvalue weighted by Gasteiger charge is -2.33. The van der Waals surface area contributed by atoms with E-state index in [2.05, 4.69) is 41.9 Å². The minimum atomic E-state index is -0.000415. The Morgan fingerprint density at radius 1 is 1.03 bits per heavy atom. The largest absolute Gasteiger partial charge is 0.494 e. The highest BCUT2D eigenvalue weighted by molar-refractivity contribution is 5.63. The Morgan fingerprint density at radius 3 is 2.55 bits per heavy atom. The normalized spacial score (nSPS) is 15.3. The van der Waals surface area contributed by atoms with Crippen molar-refractivity contribution >= 4 is 0 Å². The van der Waals surface area contributed by atoms with Gasteiger partial charge in [0.2, 0.25) is 0 Å². The number of benzene rings is 2. The highest BCUT2D eigenvalue weighted by Crippen LogP contribution is 2.31. The summed E-state index contributed by atoms with van der Waals surface area (Å²) in [6.07, 6.45) is 3.86. The van der Waals surface area contributed by atoms with E-state index in [1.54, 1.807) is 0 Å². The average molecular weight is 419 g/mol. The minimum Gasteiger partial charge on any atom is -0.494 e. The molecule has 0 spiro atoms. The van der Waals surface area contributed by atoms with Crippen LogP contribution in [0.2, 0.25) is 0 Å². The molecule has 3 aromatic rings. The summed E-state index contributed by atoms with van der Waals surface area (Å²) in [5.41, 5.74) is 3.42. The van der Waals surface area contributed by atoms with Gasteiger partial charge in [-0.05, 0) is 62.2 Å². The number of aromatic nitrogens is 1. The van der Waals surface area contributed by atoms with Gasteiger partial charge in [-0.25, -0.2) is 0 Å². The molecule has 2 aromatic carbocycles. The van der Waals surface area contributed by atoms with Gasteiger partial charge in [0.25, 0.3) is 0 Å². The average Bonchev–Trinajstić information content (AvgIpc) is 2.79. The molecule has 0 amide bonds. The van der Waals surface area contributed by atoms with Crippen molar-refractivity contribution in [3.63, 3.8) is 0 Å². The van der Waals surface area contributed by atoms with E-state index in [1.165, 1.54) is 5.56 Å². The van der Waals surface area contributed by atoms with Gasteiger partial charge in [0.1, 0.15) is 18.5 Å². The number of hydrogen-bond acceptors (Lipinski definition) is 5. The monoisotopic (exact) mass is 418 g/mol. The highest BCUT2D eigenvalue weighted by atomic mass is 16.6. The predicted octanol–water partition coefficient (Wildman–Crippen LogP) is 5.20. The van der Waals surface area contributed by atoms with Crippen LogP contribution in [-0.2, 0) is 6.54 Å². The van der Waals surface area contributed by atoms with Gasteiger partial charge < -0.3 is 14.2 Å². The third-order valence-electron chi connectivity index (χ3n) is 5.42. The second-order valence-corrected chi connectivity index (χ2v) is 8.06. The van der Waals surface area contributed by atoms with Crippen LogP contribution < -0.4 is 14.2 Å². The van der Waals surface area contributed by atoms with Gasteiger partial charge in [-0.2, -0.15) is 0 Å². The summed E-state index contributed by atoms with van der Waals surface area (Å²) >= 11 is 0. The fourth-order valence-corrected chi connectivity index (χ4v) is 3.75. The van der Waals surface area contributed by atoms with Crippen molar-refractivity contribution in [1.82, 2.24) is 9.88 Å². The quantitative estimate of drug-likeness (QED) is 0.503. The summed E-state index contributed by atoms with van der Waals surface area (Å²) in [5, 5.41) is 0. The van der Waals surface area contributed by atoms with Gasteiger partial charge in [0, 0.05) is 37.1 Å². The molecule has 162 valence electrons. The zero-order valence-corrected chi connectivity index (χ0v) is 18.5. The Balaban J connectivity index is 1.44. The molecular formula is C26H30N2O3. The molecule has 0 saturated carbocycles. The molecule has 1 aliphatic heterocycles. The molecule has 0 aliphatic carbocycles. The Kier molecular flexibility index (Phi) is 6.73. The Morgan fingerprint density at radius 2 is 1.81 bits per heavy atom. The molecule has 0 N–H and O–H groups in total. The summed E-state index contributed by atoms with van der Waals surface area (Å²) in [5.74, 6) is 2.53. The van der Waals surface area contributed by atoms with Gasteiger partial charge in [0.05, 0.1) is 6.61 Å². The number of fused-ring (bicyclic) bond motifs is 1. The van der Waals surface area contributed by atoms with Crippen LogP contribution in [0.25, 0.3) is 11.1 Å². The number of rotatable bonds is 8. The van der Waals surface area contributed by atoms with E-state index in [9.17, 15) is 0 Å². The molecule has 5 heteroatoms. The van der Waals surface area contributed by atoms with E-state index >= 15 is 0 Å². The first-order valence-corrected chi connectivity index (χ1v) is 10.9. The topological polar surface area (TPSA) is 43.8 Å². The summed E-state index contributed by atoms with van der Waals surface area (Å²) in [6, 6.07) is 18.6. The van der Waals surface area contributed by atoms with E-state index in [-0.39, 0.29) is 6.10 Å². The van der Waals surface area contributed by atoms with Crippen LogP contribution in [0.15, 0.2) is 67.0 Å². The van der Waals surface area contributed by atoms with E-state index in [0.29, 0.717) is 19.3 Å². The zero-order valence-electron chi connectivity index (χ0n) is 18.5. The number of pyridine rings is 1. The van der Waals surface area contributed by atoms with Crippen molar-refractivity contribution < 1.29 is 14.2 Å². The molecule has 1 unspecified atom stereocenters. The number of nitrogens with zero attached hydrogens (tertiary/aromatic N) is 2.